The summed E-state index contributed by atoms with van der Waals surface area (Å²) in [7, 11) is -1.49. The van der Waals surface area contributed by atoms with Gasteiger partial charge in [0.15, 0.2) is 0 Å². The fourth-order valence-corrected chi connectivity index (χ4v) is 2.73. The van der Waals surface area contributed by atoms with Crippen LogP contribution in [0.5, 0.6) is 0 Å². The van der Waals surface area contributed by atoms with Crippen LogP contribution < -0.4 is 0 Å². The van der Waals surface area contributed by atoms with Crippen LogP contribution in [0.2, 0.25) is 0 Å². The molecule has 0 aromatic carbocycles. The van der Waals surface area contributed by atoms with Crippen molar-refractivity contribution in [2.45, 2.75) is 6.54 Å². The van der Waals surface area contributed by atoms with Crippen LogP contribution in [0.3, 0.4) is 0 Å². The quantitative estimate of drug-likeness (QED) is 0.850. The van der Waals surface area contributed by atoms with E-state index in [-0.39, 0.29) is 0 Å². The van der Waals surface area contributed by atoms with Gasteiger partial charge in [-0.15, -0.1) is 11.3 Å². The Morgan fingerprint density at radius 3 is 2.62 bits per heavy atom. The predicted octanol–water partition coefficient (Wildman–Crippen LogP) is 1.90. The first kappa shape index (κ1) is 11.2. The molecule has 1 heterocycles. The van der Waals surface area contributed by atoms with Crippen LogP contribution >= 0.6 is 27.3 Å². The van der Waals surface area contributed by atoms with E-state index in [0.717, 1.165) is 9.35 Å². The normalized spacial score (nSPS) is 12.3. The molecule has 0 aliphatic carbocycles. The summed E-state index contributed by atoms with van der Waals surface area (Å²) in [6, 6.07) is 1.92. The van der Waals surface area contributed by atoms with Crippen molar-refractivity contribution in [3.05, 3.63) is 20.8 Å². The molecule has 0 aliphatic rings. The maximum atomic E-state index is 11.1. The van der Waals surface area contributed by atoms with Gasteiger partial charge in [-0.05, 0) is 22.0 Å². The summed E-state index contributed by atoms with van der Waals surface area (Å²) in [6.07, 6.45) is 1.20. The van der Waals surface area contributed by atoms with Gasteiger partial charge in [0.25, 0.3) is 0 Å². The third-order valence-electron chi connectivity index (χ3n) is 1.57. The molecule has 1 aromatic heterocycles. The van der Waals surface area contributed by atoms with Crippen LogP contribution in [0.4, 0.5) is 0 Å². The highest BCUT2D eigenvalue weighted by atomic mass is 79.9. The molecule has 0 N–H and O–H groups in total. The Morgan fingerprint density at radius 2 is 2.23 bits per heavy atom. The standard InChI is InChI=1S/C7H10BrNO2S2/c1-9(13(2,10)11)4-7-3-6(8)5-12-7/h3,5H,4H2,1-2H3. The zero-order valence-corrected chi connectivity index (χ0v) is 10.5. The number of nitrogens with zero attached hydrogens (tertiary/aromatic N) is 1. The van der Waals surface area contributed by atoms with Crippen LogP contribution in [0.15, 0.2) is 15.9 Å². The third kappa shape index (κ3) is 3.38. The van der Waals surface area contributed by atoms with Crippen molar-refractivity contribution in [1.82, 2.24) is 4.31 Å². The predicted molar refractivity (Wildman–Crippen MR) is 58.3 cm³/mol. The Bertz CT molecular complexity index is 385. The molecule has 0 saturated carbocycles. The van der Waals surface area contributed by atoms with Gasteiger partial charge in [-0.3, -0.25) is 0 Å². The smallest absolute Gasteiger partial charge is 0.211 e. The molecule has 0 spiro atoms. The highest BCUT2D eigenvalue weighted by molar-refractivity contribution is 9.10. The van der Waals surface area contributed by atoms with Crippen molar-refractivity contribution >= 4 is 37.3 Å². The second-order valence-corrected chi connectivity index (χ2v) is 6.75. The number of halogens is 1. The summed E-state index contributed by atoms with van der Waals surface area (Å²) in [6.45, 7) is 0.440. The Labute approximate surface area is 90.6 Å². The van der Waals surface area contributed by atoms with Gasteiger partial charge in [0.2, 0.25) is 10.0 Å². The van der Waals surface area contributed by atoms with Gasteiger partial charge in [-0.25, -0.2) is 12.7 Å². The SMILES string of the molecule is CN(Cc1cc(Br)cs1)S(C)(=O)=O. The zero-order chi connectivity index (χ0) is 10.1. The second-order valence-electron chi connectivity index (χ2n) is 2.75. The summed E-state index contributed by atoms with van der Waals surface area (Å²) in [5.41, 5.74) is 0. The number of sulfonamides is 1. The molecule has 1 rings (SSSR count). The first-order valence-electron chi connectivity index (χ1n) is 3.54. The van der Waals surface area contributed by atoms with Crippen LogP contribution in [0.1, 0.15) is 4.88 Å². The Kier molecular flexibility index (Phi) is 3.50. The van der Waals surface area contributed by atoms with Gasteiger partial charge in [0.1, 0.15) is 0 Å². The molecule has 0 amide bonds. The highest BCUT2D eigenvalue weighted by Gasteiger charge is 2.11. The van der Waals surface area contributed by atoms with Crippen molar-refractivity contribution < 1.29 is 8.42 Å². The van der Waals surface area contributed by atoms with Crippen molar-refractivity contribution in [1.29, 1.82) is 0 Å². The van der Waals surface area contributed by atoms with Crippen molar-refractivity contribution in [2.24, 2.45) is 0 Å². The van der Waals surface area contributed by atoms with Gasteiger partial charge < -0.3 is 0 Å². The molecule has 13 heavy (non-hydrogen) atoms. The fraction of sp³-hybridized carbons (Fsp3) is 0.429. The Balaban J connectivity index is 2.71. The molecule has 74 valence electrons. The molecular formula is C7H10BrNO2S2. The summed E-state index contributed by atoms with van der Waals surface area (Å²) >= 11 is 4.86. The average Bonchev–Trinajstić information content (AvgIpc) is 2.33. The molecule has 3 nitrogen and oxygen atoms in total. The summed E-state index contributed by atoms with van der Waals surface area (Å²) < 4.78 is 24.4. The lowest BCUT2D eigenvalue weighted by molar-refractivity contribution is 0.475. The van der Waals surface area contributed by atoms with Gasteiger partial charge in [0, 0.05) is 28.3 Å². The summed E-state index contributed by atoms with van der Waals surface area (Å²) in [5.74, 6) is 0. The van der Waals surface area contributed by atoms with E-state index in [1.165, 1.54) is 10.6 Å². The zero-order valence-electron chi connectivity index (χ0n) is 7.32. The molecular weight excluding hydrogens is 274 g/mol. The first-order chi connectivity index (χ1) is 5.89. The average molecular weight is 284 g/mol. The topological polar surface area (TPSA) is 37.4 Å². The maximum Gasteiger partial charge on any atom is 0.211 e. The van der Waals surface area contributed by atoms with Crippen LogP contribution in [-0.4, -0.2) is 26.0 Å². The van der Waals surface area contributed by atoms with E-state index in [1.54, 1.807) is 18.4 Å². The molecule has 0 fully saturated rings. The van der Waals surface area contributed by atoms with E-state index in [1.807, 2.05) is 11.4 Å². The van der Waals surface area contributed by atoms with Gasteiger partial charge in [-0.1, -0.05) is 0 Å². The molecule has 0 radical (unpaired) electrons. The van der Waals surface area contributed by atoms with Gasteiger partial charge in [0.05, 0.1) is 6.26 Å². The van der Waals surface area contributed by atoms with Gasteiger partial charge in [-0.2, -0.15) is 0 Å². The van der Waals surface area contributed by atoms with Crippen molar-refractivity contribution in [2.75, 3.05) is 13.3 Å². The minimum Gasteiger partial charge on any atom is -0.213 e. The first-order valence-corrected chi connectivity index (χ1v) is 7.06. The molecule has 0 unspecified atom stereocenters. The number of thiophene rings is 1. The van der Waals surface area contributed by atoms with Gasteiger partial charge >= 0.3 is 0 Å². The van der Waals surface area contributed by atoms with Crippen LogP contribution in [0, 0.1) is 0 Å². The van der Waals surface area contributed by atoms with Crippen molar-refractivity contribution in [3.8, 4) is 0 Å². The van der Waals surface area contributed by atoms with E-state index in [9.17, 15) is 8.42 Å². The van der Waals surface area contributed by atoms with E-state index in [4.69, 9.17) is 0 Å². The Morgan fingerprint density at radius 1 is 1.62 bits per heavy atom. The minimum absolute atomic E-state index is 0.440. The monoisotopic (exact) mass is 283 g/mol. The molecule has 0 atom stereocenters. The molecule has 0 bridgehead atoms. The molecule has 1 aromatic rings. The van der Waals surface area contributed by atoms with Crippen LogP contribution in [0.25, 0.3) is 0 Å². The lowest BCUT2D eigenvalue weighted by Gasteiger charge is -2.11. The lowest BCUT2D eigenvalue weighted by atomic mass is 10.5. The highest BCUT2D eigenvalue weighted by Crippen LogP contribution is 2.21. The summed E-state index contributed by atoms with van der Waals surface area (Å²) in [5, 5.41) is 1.94. The second kappa shape index (κ2) is 4.08. The Hall–Kier alpha value is 0.0900. The number of rotatable bonds is 3. The number of hydrogen-bond acceptors (Lipinski definition) is 3. The van der Waals surface area contributed by atoms with Crippen molar-refractivity contribution in [3.63, 3.8) is 0 Å². The van der Waals surface area contributed by atoms with E-state index in [2.05, 4.69) is 15.9 Å². The van der Waals surface area contributed by atoms with Crippen LogP contribution in [-0.2, 0) is 16.6 Å². The van der Waals surface area contributed by atoms with E-state index >= 15 is 0 Å². The molecule has 0 aliphatic heterocycles. The summed E-state index contributed by atoms with van der Waals surface area (Å²) in [4.78, 5) is 1.03. The largest absolute Gasteiger partial charge is 0.213 e. The number of hydrogen-bond donors (Lipinski definition) is 0. The van der Waals surface area contributed by atoms with E-state index in [0.29, 0.717) is 6.54 Å². The fourth-order valence-electron chi connectivity index (χ4n) is 0.773. The minimum atomic E-state index is -3.07. The van der Waals surface area contributed by atoms with E-state index < -0.39 is 10.0 Å². The lowest BCUT2D eigenvalue weighted by Crippen LogP contribution is -2.24. The third-order valence-corrected chi connectivity index (χ3v) is 4.51. The molecule has 0 saturated heterocycles. The molecule has 6 heteroatoms. The maximum absolute atomic E-state index is 11.1.